The summed E-state index contributed by atoms with van der Waals surface area (Å²) in [6.07, 6.45) is 0.821. The van der Waals surface area contributed by atoms with Crippen LogP contribution in [-0.2, 0) is 30.0 Å². The van der Waals surface area contributed by atoms with Crippen LogP contribution in [0.3, 0.4) is 0 Å². The molecule has 3 N–H and O–H groups in total. The number of azo groups is 1. The van der Waals surface area contributed by atoms with Gasteiger partial charge in [0.15, 0.2) is 9.84 Å². The van der Waals surface area contributed by atoms with Gasteiger partial charge in [-0.1, -0.05) is 29.8 Å². The minimum absolute atomic E-state index is 0. The molecule has 14 nitrogen and oxygen atoms in total. The predicted molar refractivity (Wildman–Crippen MR) is 155 cm³/mol. The number of nitrogens with zero attached hydrogens (tertiary/aromatic N) is 3. The van der Waals surface area contributed by atoms with Crippen LogP contribution in [0.5, 0.6) is 5.75 Å². The number of sulfonamides is 1. The molecule has 0 heterocycles. The summed E-state index contributed by atoms with van der Waals surface area (Å²) in [4.78, 5) is 8.66. The van der Waals surface area contributed by atoms with Crippen molar-refractivity contribution in [3.8, 4) is 5.75 Å². The number of nitrogens with one attached hydrogen (secondary N) is 1. The van der Waals surface area contributed by atoms with Crippen LogP contribution < -0.4 is 4.72 Å². The standard InChI is InChI=1S/C23H17ClN4O10S3.Na.H/c1-39(32,33)21-10-13(28(30)31)8-9-18(21)25-26-20-12-17(24)23(29)16-6-3-7-19(22(16)20)27-40(34,35)14-4-2-5-15(11-14)41(36,37)38;;/h2-12,27,29H,1H3,(H,36,37,38);;. The molecule has 0 aliphatic heterocycles. The number of hydrogen-bond acceptors (Lipinski definition) is 11. The number of rotatable bonds is 8. The van der Waals surface area contributed by atoms with Crippen molar-refractivity contribution >= 4 is 105 Å². The van der Waals surface area contributed by atoms with Gasteiger partial charge in [0, 0.05) is 29.2 Å². The summed E-state index contributed by atoms with van der Waals surface area (Å²) in [5.74, 6) is -0.442. The van der Waals surface area contributed by atoms with Crippen LogP contribution in [0.2, 0.25) is 5.02 Å². The van der Waals surface area contributed by atoms with Crippen LogP contribution in [0.25, 0.3) is 10.8 Å². The SMILES string of the molecule is CS(=O)(=O)c1cc([N+](=O)[O-])ccc1N=Nc1cc(Cl)c(O)c2cccc(NS(=O)(=O)c3cccc(S(=O)(=O)O)c3)c12.[NaH]. The van der Waals surface area contributed by atoms with Gasteiger partial charge in [0.2, 0.25) is 0 Å². The molecule has 0 atom stereocenters. The van der Waals surface area contributed by atoms with Crippen molar-refractivity contribution in [3.05, 3.63) is 81.9 Å². The van der Waals surface area contributed by atoms with Crippen LogP contribution in [0.4, 0.5) is 22.7 Å². The number of nitro benzene ring substituents is 1. The molecule has 4 aromatic rings. The van der Waals surface area contributed by atoms with Gasteiger partial charge in [-0.3, -0.25) is 19.4 Å². The molecule has 0 amide bonds. The molecule has 0 radical (unpaired) electrons. The molecule has 4 aromatic carbocycles. The van der Waals surface area contributed by atoms with E-state index in [9.17, 15) is 45.0 Å². The zero-order chi connectivity index (χ0) is 30.3. The maximum atomic E-state index is 13.2. The second-order valence-electron chi connectivity index (χ2n) is 8.39. The van der Waals surface area contributed by atoms with E-state index in [1.807, 2.05) is 0 Å². The Bertz CT molecular complexity index is 2110. The second kappa shape index (κ2) is 12.2. The molecule has 42 heavy (non-hydrogen) atoms. The fourth-order valence-electron chi connectivity index (χ4n) is 3.69. The van der Waals surface area contributed by atoms with Crippen molar-refractivity contribution in [2.24, 2.45) is 10.2 Å². The molecule has 0 spiro atoms. The molecule has 0 fully saturated rings. The number of phenolic OH excluding ortho intramolecular Hbond substituents is 1. The number of halogens is 1. The van der Waals surface area contributed by atoms with Crippen molar-refractivity contribution in [3.63, 3.8) is 0 Å². The number of hydrogen-bond donors (Lipinski definition) is 3. The van der Waals surface area contributed by atoms with Crippen molar-refractivity contribution in [1.29, 1.82) is 0 Å². The number of phenols is 1. The van der Waals surface area contributed by atoms with Gasteiger partial charge in [-0.25, -0.2) is 16.8 Å². The molecule has 4 rings (SSSR count). The summed E-state index contributed by atoms with van der Waals surface area (Å²) in [5, 5.41) is 29.4. The number of fused-ring (bicyclic) bond motifs is 1. The number of benzene rings is 4. The van der Waals surface area contributed by atoms with E-state index in [2.05, 4.69) is 15.0 Å². The number of anilines is 1. The van der Waals surface area contributed by atoms with Gasteiger partial charge in [0.25, 0.3) is 25.8 Å². The Balaban J connectivity index is 0.00000484. The Morgan fingerprint density at radius 2 is 1.50 bits per heavy atom. The summed E-state index contributed by atoms with van der Waals surface area (Å²) in [6, 6.07) is 12.0. The topological polar surface area (TPSA) is 223 Å². The third kappa shape index (κ3) is 7.07. The Labute approximate surface area is 266 Å². The van der Waals surface area contributed by atoms with Gasteiger partial charge in [-0.15, -0.1) is 10.2 Å². The second-order valence-corrected chi connectivity index (χ2v) is 13.9. The van der Waals surface area contributed by atoms with Crippen LogP contribution in [-0.4, -0.2) is 75.6 Å². The van der Waals surface area contributed by atoms with E-state index in [1.165, 1.54) is 18.2 Å². The first-order chi connectivity index (χ1) is 19.0. The summed E-state index contributed by atoms with van der Waals surface area (Å²) in [6.45, 7) is 0. The third-order valence-electron chi connectivity index (χ3n) is 5.54. The molecule has 216 valence electrons. The summed E-state index contributed by atoms with van der Waals surface area (Å²) in [7, 11) is -13.2. The summed E-state index contributed by atoms with van der Waals surface area (Å²) >= 11 is 6.13. The Morgan fingerprint density at radius 3 is 2.12 bits per heavy atom. The fraction of sp³-hybridized carbons (Fsp3) is 0.0435. The first kappa shape index (κ1) is 33.3. The molecule has 0 aliphatic carbocycles. The Kier molecular flexibility index (Phi) is 9.70. The molecular formula is C23H18ClN4NaO10S3. The van der Waals surface area contributed by atoms with Crippen LogP contribution in [0.1, 0.15) is 0 Å². The van der Waals surface area contributed by atoms with Crippen molar-refractivity contribution in [2.75, 3.05) is 11.0 Å². The number of sulfone groups is 1. The van der Waals surface area contributed by atoms with Gasteiger partial charge in [0.05, 0.1) is 31.1 Å². The molecule has 19 heteroatoms. The van der Waals surface area contributed by atoms with Gasteiger partial charge in [-0.2, -0.15) is 8.42 Å². The van der Waals surface area contributed by atoms with Crippen LogP contribution in [0, 0.1) is 10.1 Å². The van der Waals surface area contributed by atoms with E-state index in [1.54, 1.807) is 0 Å². The van der Waals surface area contributed by atoms with E-state index in [4.69, 9.17) is 11.6 Å². The molecule has 0 aliphatic rings. The van der Waals surface area contributed by atoms with Crippen molar-refractivity contribution in [2.45, 2.75) is 14.7 Å². The molecular weight excluding hydrogens is 647 g/mol. The van der Waals surface area contributed by atoms with Crippen molar-refractivity contribution in [1.82, 2.24) is 0 Å². The maximum absolute atomic E-state index is 13.2. The normalized spacial score (nSPS) is 12.3. The quantitative estimate of drug-likeness (QED) is 0.0795. The molecule has 0 bridgehead atoms. The average Bonchev–Trinajstić information content (AvgIpc) is 2.88. The van der Waals surface area contributed by atoms with E-state index >= 15 is 0 Å². The molecule has 0 saturated carbocycles. The van der Waals surface area contributed by atoms with E-state index in [-0.39, 0.29) is 62.4 Å². The first-order valence-electron chi connectivity index (χ1n) is 10.9. The fourth-order valence-corrected chi connectivity index (χ4v) is 6.44. The van der Waals surface area contributed by atoms with Gasteiger partial charge >= 0.3 is 29.6 Å². The average molecular weight is 665 g/mol. The monoisotopic (exact) mass is 664 g/mol. The Morgan fingerprint density at radius 1 is 0.881 bits per heavy atom. The number of nitro groups is 1. The summed E-state index contributed by atoms with van der Waals surface area (Å²) < 4.78 is 85.4. The number of aromatic hydroxyl groups is 1. The molecule has 0 saturated heterocycles. The van der Waals surface area contributed by atoms with Crippen LogP contribution >= 0.6 is 11.6 Å². The third-order valence-corrected chi connectivity index (χ3v) is 9.17. The zero-order valence-corrected chi connectivity index (χ0v) is 23.7. The number of non-ortho nitro benzene ring substituents is 1. The van der Waals surface area contributed by atoms with Gasteiger partial charge < -0.3 is 5.11 Å². The van der Waals surface area contributed by atoms with E-state index in [0.717, 1.165) is 54.8 Å². The zero-order valence-electron chi connectivity index (χ0n) is 20.5. The minimum atomic E-state index is -4.71. The predicted octanol–water partition coefficient (Wildman–Crippen LogP) is 4.32. The van der Waals surface area contributed by atoms with Crippen molar-refractivity contribution < 1.29 is 39.8 Å². The Hall–Kier alpha value is -3.16. The van der Waals surface area contributed by atoms with E-state index in [0.29, 0.717) is 0 Å². The van der Waals surface area contributed by atoms with E-state index < -0.39 is 61.0 Å². The van der Waals surface area contributed by atoms with Gasteiger partial charge in [-0.05, 0) is 36.4 Å². The van der Waals surface area contributed by atoms with Gasteiger partial charge in [0.1, 0.15) is 16.3 Å². The molecule has 0 unspecified atom stereocenters. The molecule has 0 aromatic heterocycles. The first-order valence-corrected chi connectivity index (χ1v) is 16.1. The van der Waals surface area contributed by atoms with Crippen LogP contribution in [0.15, 0.2) is 91.6 Å². The summed E-state index contributed by atoms with van der Waals surface area (Å²) in [5.41, 5.74) is -1.06.